The number of piperidine rings is 1. The first kappa shape index (κ1) is 15.7. The Hall–Kier alpha value is -2.17. The van der Waals surface area contributed by atoms with Crippen molar-refractivity contribution in [3.63, 3.8) is 0 Å². The first-order valence-corrected chi connectivity index (χ1v) is 9.23. The zero-order valence-electron chi connectivity index (χ0n) is 12.6. The Morgan fingerprint density at radius 1 is 1.30 bits per heavy atom. The third kappa shape index (κ3) is 3.60. The number of pyridine rings is 1. The highest BCUT2D eigenvalue weighted by Gasteiger charge is 2.24. The molecule has 23 heavy (non-hydrogen) atoms. The predicted octanol–water partition coefficient (Wildman–Crippen LogP) is 1.61. The van der Waals surface area contributed by atoms with E-state index < -0.39 is 10.0 Å². The highest BCUT2D eigenvalue weighted by atomic mass is 32.2. The number of primary sulfonamides is 1. The topological polar surface area (TPSA) is 100 Å². The van der Waals surface area contributed by atoms with Gasteiger partial charge in [-0.3, -0.25) is 0 Å². The molecule has 0 atom stereocenters. The average Bonchev–Trinajstić information content (AvgIpc) is 2.53. The van der Waals surface area contributed by atoms with Crippen molar-refractivity contribution >= 4 is 26.7 Å². The van der Waals surface area contributed by atoms with Crippen LogP contribution in [0.2, 0.25) is 0 Å². The molecule has 120 valence electrons. The molecule has 0 aliphatic carbocycles. The zero-order chi connectivity index (χ0) is 16.4. The highest BCUT2D eigenvalue weighted by Crippen LogP contribution is 2.26. The lowest BCUT2D eigenvalue weighted by atomic mass is 9.99. The van der Waals surface area contributed by atoms with Crippen LogP contribution in [0.25, 0.3) is 10.9 Å². The van der Waals surface area contributed by atoms with Crippen LogP contribution >= 0.6 is 0 Å². The fourth-order valence-electron chi connectivity index (χ4n) is 3.07. The first-order chi connectivity index (χ1) is 11.0. The minimum atomic E-state index is -3.42. The maximum atomic E-state index is 11.2. The van der Waals surface area contributed by atoms with Gasteiger partial charge in [0.25, 0.3) is 0 Å². The summed E-state index contributed by atoms with van der Waals surface area (Å²) in [6.07, 6.45) is 1.51. The number of benzene rings is 1. The molecule has 1 aliphatic heterocycles. The molecule has 7 heteroatoms. The molecule has 1 aliphatic rings. The molecular weight excluding hydrogens is 312 g/mol. The summed E-state index contributed by atoms with van der Waals surface area (Å²) in [5, 5.41) is 15.3. The van der Waals surface area contributed by atoms with E-state index >= 15 is 0 Å². The van der Waals surface area contributed by atoms with Crippen molar-refractivity contribution in [3.05, 3.63) is 35.9 Å². The Balaban J connectivity index is 1.81. The number of sulfonamides is 1. The molecule has 1 saturated heterocycles. The second-order valence-corrected chi connectivity index (χ2v) is 7.58. The predicted molar refractivity (Wildman–Crippen MR) is 89.4 cm³/mol. The molecule has 1 aromatic carbocycles. The fourth-order valence-corrected chi connectivity index (χ4v) is 4.06. The van der Waals surface area contributed by atoms with Gasteiger partial charge < -0.3 is 4.90 Å². The minimum absolute atomic E-state index is 0.0371. The van der Waals surface area contributed by atoms with Gasteiger partial charge in [-0.15, -0.1) is 0 Å². The van der Waals surface area contributed by atoms with Gasteiger partial charge >= 0.3 is 0 Å². The summed E-state index contributed by atoms with van der Waals surface area (Å²) in [7, 11) is -3.42. The highest BCUT2D eigenvalue weighted by molar-refractivity contribution is 7.89. The van der Waals surface area contributed by atoms with Gasteiger partial charge in [0.1, 0.15) is 5.82 Å². The Morgan fingerprint density at radius 3 is 2.65 bits per heavy atom. The molecule has 0 amide bonds. The van der Waals surface area contributed by atoms with Crippen LogP contribution in [0.5, 0.6) is 0 Å². The molecule has 1 fully saturated rings. The number of aromatic nitrogens is 1. The quantitative estimate of drug-likeness (QED) is 0.921. The first-order valence-electron chi connectivity index (χ1n) is 7.51. The number of hydrogen-bond acceptors (Lipinski definition) is 5. The van der Waals surface area contributed by atoms with E-state index in [2.05, 4.69) is 16.0 Å². The molecule has 1 aromatic heterocycles. The van der Waals surface area contributed by atoms with Crippen molar-refractivity contribution in [1.29, 1.82) is 5.26 Å². The van der Waals surface area contributed by atoms with Crippen molar-refractivity contribution in [3.8, 4) is 6.07 Å². The van der Waals surface area contributed by atoms with Crippen LogP contribution in [-0.4, -0.2) is 32.2 Å². The van der Waals surface area contributed by atoms with E-state index in [4.69, 9.17) is 5.14 Å². The van der Waals surface area contributed by atoms with Crippen molar-refractivity contribution in [1.82, 2.24) is 4.98 Å². The molecule has 0 saturated carbocycles. The Morgan fingerprint density at radius 2 is 2.00 bits per heavy atom. The van der Waals surface area contributed by atoms with Gasteiger partial charge in [0.2, 0.25) is 10.0 Å². The molecule has 0 radical (unpaired) electrons. The molecule has 2 N–H and O–H groups in total. The Labute approximate surface area is 135 Å². The van der Waals surface area contributed by atoms with Crippen LogP contribution in [0.1, 0.15) is 18.4 Å². The normalized spacial score (nSPS) is 16.4. The van der Waals surface area contributed by atoms with Crippen LogP contribution < -0.4 is 10.0 Å². The number of nitrogens with two attached hydrogens (primary N) is 1. The van der Waals surface area contributed by atoms with Crippen molar-refractivity contribution in [2.24, 2.45) is 11.1 Å². The lowest BCUT2D eigenvalue weighted by molar-refractivity contribution is 0.434. The largest absolute Gasteiger partial charge is 0.357 e. The van der Waals surface area contributed by atoms with Crippen LogP contribution in [0.15, 0.2) is 30.3 Å². The second-order valence-electron chi connectivity index (χ2n) is 5.92. The number of fused-ring (bicyclic) bond motifs is 1. The lowest BCUT2D eigenvalue weighted by Crippen LogP contribution is -2.37. The molecule has 0 spiro atoms. The summed E-state index contributed by atoms with van der Waals surface area (Å²) in [5.41, 5.74) is 1.41. The smallest absolute Gasteiger partial charge is 0.209 e. The van der Waals surface area contributed by atoms with Gasteiger partial charge in [-0.05, 0) is 30.9 Å². The maximum Gasteiger partial charge on any atom is 0.209 e. The summed E-state index contributed by atoms with van der Waals surface area (Å²) in [6.45, 7) is 1.44. The monoisotopic (exact) mass is 330 g/mol. The Bertz CT molecular complexity index is 865. The fraction of sp³-hybridized carbons (Fsp3) is 0.375. The van der Waals surface area contributed by atoms with Crippen LogP contribution in [0.3, 0.4) is 0 Å². The van der Waals surface area contributed by atoms with Crippen molar-refractivity contribution < 1.29 is 8.42 Å². The molecule has 2 heterocycles. The van der Waals surface area contributed by atoms with Gasteiger partial charge in [0.15, 0.2) is 0 Å². The summed E-state index contributed by atoms with van der Waals surface area (Å²) in [5.74, 6) is 0.904. The third-order valence-corrected chi connectivity index (χ3v) is 5.17. The number of para-hydroxylation sites is 1. The van der Waals surface area contributed by atoms with E-state index in [-0.39, 0.29) is 11.7 Å². The average molecular weight is 330 g/mol. The molecule has 6 nitrogen and oxygen atoms in total. The number of anilines is 1. The zero-order valence-corrected chi connectivity index (χ0v) is 13.5. The van der Waals surface area contributed by atoms with Gasteiger partial charge in [-0.1, -0.05) is 18.2 Å². The Kier molecular flexibility index (Phi) is 4.20. The standard InChI is InChI=1S/C16H18N4O2S/c17-10-13-9-16(19-15-4-2-1-3-14(13)15)20-7-5-12(6-8-20)11-23(18,21)22/h1-4,9,12H,5-8,11H2,(H2,18,21,22). The number of rotatable bonds is 3. The van der Waals surface area contributed by atoms with E-state index in [9.17, 15) is 13.7 Å². The summed E-state index contributed by atoms with van der Waals surface area (Å²) in [6, 6.07) is 11.6. The van der Waals surface area contributed by atoms with Gasteiger partial charge in [0.05, 0.1) is 22.9 Å². The van der Waals surface area contributed by atoms with Gasteiger partial charge in [-0.25, -0.2) is 18.5 Å². The minimum Gasteiger partial charge on any atom is -0.357 e. The van der Waals surface area contributed by atoms with Gasteiger partial charge in [-0.2, -0.15) is 5.26 Å². The summed E-state index contributed by atoms with van der Waals surface area (Å²) in [4.78, 5) is 6.74. The second kappa shape index (κ2) is 6.14. The molecule has 0 unspecified atom stereocenters. The molecule has 2 aromatic rings. The van der Waals surface area contributed by atoms with E-state index in [0.717, 1.165) is 42.7 Å². The van der Waals surface area contributed by atoms with E-state index in [1.165, 1.54) is 0 Å². The van der Waals surface area contributed by atoms with Crippen LogP contribution in [0.4, 0.5) is 5.82 Å². The number of nitrogens with zero attached hydrogens (tertiary/aromatic N) is 3. The third-order valence-electron chi connectivity index (χ3n) is 4.23. The van der Waals surface area contributed by atoms with E-state index in [1.807, 2.05) is 30.3 Å². The number of nitriles is 1. The number of hydrogen-bond donors (Lipinski definition) is 1. The van der Waals surface area contributed by atoms with Gasteiger partial charge in [0, 0.05) is 18.5 Å². The summed E-state index contributed by atoms with van der Waals surface area (Å²) >= 11 is 0. The molecule has 0 bridgehead atoms. The van der Waals surface area contributed by atoms with Crippen molar-refractivity contribution in [2.75, 3.05) is 23.7 Å². The molecule has 3 rings (SSSR count). The van der Waals surface area contributed by atoms with Crippen LogP contribution in [0, 0.1) is 17.2 Å². The SMILES string of the molecule is N#Cc1cc(N2CCC(CS(N)(=O)=O)CC2)nc2ccccc12. The molecular formula is C16H18N4O2S. The van der Waals surface area contributed by atoms with Crippen molar-refractivity contribution in [2.45, 2.75) is 12.8 Å². The van der Waals surface area contributed by atoms with Crippen LogP contribution in [-0.2, 0) is 10.0 Å². The van der Waals surface area contributed by atoms with E-state index in [1.54, 1.807) is 0 Å². The summed E-state index contributed by atoms with van der Waals surface area (Å²) < 4.78 is 22.4. The lowest BCUT2D eigenvalue weighted by Gasteiger charge is -2.32. The maximum absolute atomic E-state index is 11.2. The van der Waals surface area contributed by atoms with E-state index in [0.29, 0.717) is 5.56 Å².